The van der Waals surface area contributed by atoms with E-state index in [9.17, 15) is 13.2 Å². The molecule has 0 radical (unpaired) electrons. The SMILES string of the molecule is CC(=O)c1ccc(NS(=O)(=O)c2ccc3nc(C)oc3c2)cc1. The van der Waals surface area contributed by atoms with Crippen LogP contribution in [0, 0.1) is 6.92 Å². The second kappa shape index (κ2) is 5.51. The zero-order chi connectivity index (χ0) is 16.6. The summed E-state index contributed by atoms with van der Waals surface area (Å²) in [6.07, 6.45) is 0. The van der Waals surface area contributed by atoms with Crippen LogP contribution >= 0.6 is 0 Å². The molecule has 0 aliphatic carbocycles. The lowest BCUT2D eigenvalue weighted by atomic mass is 10.1. The predicted molar refractivity (Wildman–Crippen MR) is 86.0 cm³/mol. The van der Waals surface area contributed by atoms with Gasteiger partial charge in [0, 0.05) is 24.2 Å². The van der Waals surface area contributed by atoms with Crippen LogP contribution in [0.3, 0.4) is 0 Å². The average molecular weight is 330 g/mol. The first-order chi connectivity index (χ1) is 10.8. The number of ketones is 1. The van der Waals surface area contributed by atoms with Crippen LogP contribution in [-0.4, -0.2) is 19.2 Å². The number of nitrogens with zero attached hydrogens (tertiary/aromatic N) is 1. The zero-order valence-electron chi connectivity index (χ0n) is 12.5. The molecule has 1 aromatic heterocycles. The van der Waals surface area contributed by atoms with Gasteiger partial charge in [0.15, 0.2) is 17.3 Å². The fourth-order valence-corrected chi connectivity index (χ4v) is 3.25. The van der Waals surface area contributed by atoms with E-state index in [1.165, 1.54) is 19.1 Å². The summed E-state index contributed by atoms with van der Waals surface area (Å²) in [6, 6.07) is 10.7. The highest BCUT2D eigenvalue weighted by Gasteiger charge is 2.16. The van der Waals surface area contributed by atoms with Crippen LogP contribution in [0.25, 0.3) is 11.1 Å². The molecule has 118 valence electrons. The van der Waals surface area contributed by atoms with Gasteiger partial charge in [0.2, 0.25) is 0 Å². The number of oxazole rings is 1. The molecule has 0 bridgehead atoms. The third kappa shape index (κ3) is 3.09. The van der Waals surface area contributed by atoms with Crippen molar-refractivity contribution in [3.63, 3.8) is 0 Å². The van der Waals surface area contributed by atoms with Crippen molar-refractivity contribution in [2.75, 3.05) is 4.72 Å². The Balaban J connectivity index is 1.91. The number of Topliss-reactive ketones (excluding diaryl/α,β-unsaturated/α-hetero) is 1. The van der Waals surface area contributed by atoms with Gasteiger partial charge < -0.3 is 4.42 Å². The molecule has 0 aliphatic rings. The summed E-state index contributed by atoms with van der Waals surface area (Å²) in [5.74, 6) is 0.396. The van der Waals surface area contributed by atoms with Crippen molar-refractivity contribution in [3.8, 4) is 0 Å². The van der Waals surface area contributed by atoms with Crippen molar-refractivity contribution in [2.24, 2.45) is 0 Å². The number of sulfonamides is 1. The minimum absolute atomic E-state index is 0.0782. The summed E-state index contributed by atoms with van der Waals surface area (Å²) in [5, 5.41) is 0. The van der Waals surface area contributed by atoms with Gasteiger partial charge in [0.25, 0.3) is 10.0 Å². The van der Waals surface area contributed by atoms with Crippen molar-refractivity contribution in [1.29, 1.82) is 0 Å². The minimum atomic E-state index is -3.75. The van der Waals surface area contributed by atoms with Gasteiger partial charge in [-0.2, -0.15) is 0 Å². The molecule has 0 atom stereocenters. The molecular weight excluding hydrogens is 316 g/mol. The van der Waals surface area contributed by atoms with Gasteiger partial charge >= 0.3 is 0 Å². The van der Waals surface area contributed by atoms with E-state index in [1.807, 2.05) is 0 Å². The lowest BCUT2D eigenvalue weighted by Gasteiger charge is -2.08. The molecule has 23 heavy (non-hydrogen) atoms. The summed E-state index contributed by atoms with van der Waals surface area (Å²) in [7, 11) is -3.75. The van der Waals surface area contributed by atoms with E-state index < -0.39 is 10.0 Å². The Morgan fingerprint density at radius 3 is 2.48 bits per heavy atom. The lowest BCUT2D eigenvalue weighted by molar-refractivity contribution is 0.101. The molecule has 1 N–H and O–H groups in total. The van der Waals surface area contributed by atoms with Gasteiger partial charge in [-0.15, -0.1) is 0 Å². The van der Waals surface area contributed by atoms with Crippen molar-refractivity contribution >= 4 is 32.6 Å². The Kier molecular flexibility index (Phi) is 3.65. The van der Waals surface area contributed by atoms with E-state index in [0.29, 0.717) is 28.2 Å². The standard InChI is InChI=1S/C16H14N2O4S/c1-10(19)12-3-5-13(6-4-12)18-23(20,21)14-7-8-15-16(9-14)22-11(2)17-15/h3-9,18H,1-2H3. The molecule has 1 heterocycles. The number of hydrogen-bond donors (Lipinski definition) is 1. The van der Waals surface area contributed by atoms with Crippen LogP contribution in [0.15, 0.2) is 51.8 Å². The average Bonchev–Trinajstić information content (AvgIpc) is 2.86. The molecule has 3 aromatic rings. The maximum absolute atomic E-state index is 12.4. The normalized spacial score (nSPS) is 11.6. The largest absolute Gasteiger partial charge is 0.441 e. The number of anilines is 1. The van der Waals surface area contributed by atoms with Gasteiger partial charge in [-0.05, 0) is 43.3 Å². The summed E-state index contributed by atoms with van der Waals surface area (Å²) in [5.41, 5.74) is 1.92. The maximum atomic E-state index is 12.4. The highest BCUT2D eigenvalue weighted by atomic mass is 32.2. The van der Waals surface area contributed by atoms with Crippen molar-refractivity contribution in [3.05, 3.63) is 53.9 Å². The Morgan fingerprint density at radius 1 is 1.13 bits per heavy atom. The van der Waals surface area contributed by atoms with E-state index in [0.717, 1.165) is 0 Å². The lowest BCUT2D eigenvalue weighted by Crippen LogP contribution is -2.12. The van der Waals surface area contributed by atoms with Crippen molar-refractivity contribution < 1.29 is 17.6 Å². The number of benzene rings is 2. The van der Waals surface area contributed by atoms with Crippen molar-refractivity contribution in [1.82, 2.24) is 4.98 Å². The van der Waals surface area contributed by atoms with Crippen molar-refractivity contribution in [2.45, 2.75) is 18.7 Å². The molecule has 0 saturated heterocycles. The molecule has 2 aromatic carbocycles. The van der Waals surface area contributed by atoms with Gasteiger partial charge in [0.1, 0.15) is 5.52 Å². The minimum Gasteiger partial charge on any atom is -0.441 e. The summed E-state index contributed by atoms with van der Waals surface area (Å²) in [6.45, 7) is 3.15. The van der Waals surface area contributed by atoms with E-state index in [1.54, 1.807) is 37.3 Å². The second-order valence-corrected chi connectivity index (χ2v) is 6.78. The molecule has 0 aliphatic heterocycles. The Labute approximate surface area is 133 Å². The number of hydrogen-bond acceptors (Lipinski definition) is 5. The summed E-state index contributed by atoms with van der Waals surface area (Å²) in [4.78, 5) is 15.4. The fraction of sp³-hybridized carbons (Fsp3) is 0.125. The Morgan fingerprint density at radius 2 is 1.83 bits per heavy atom. The molecule has 3 rings (SSSR count). The molecule has 0 amide bonds. The molecule has 7 heteroatoms. The molecule has 0 spiro atoms. The van der Waals surface area contributed by atoms with Crippen LogP contribution in [0.4, 0.5) is 5.69 Å². The third-order valence-corrected chi connectivity index (χ3v) is 4.70. The molecule has 0 fully saturated rings. The van der Waals surface area contributed by atoms with Crippen LogP contribution in [-0.2, 0) is 10.0 Å². The van der Waals surface area contributed by atoms with Crippen LogP contribution < -0.4 is 4.72 Å². The highest BCUT2D eigenvalue weighted by molar-refractivity contribution is 7.92. The predicted octanol–water partition coefficient (Wildman–Crippen LogP) is 3.14. The molecular formula is C16H14N2O4S. The van der Waals surface area contributed by atoms with Gasteiger partial charge in [-0.3, -0.25) is 9.52 Å². The second-order valence-electron chi connectivity index (χ2n) is 5.10. The number of carbonyl (C=O) groups is 1. The maximum Gasteiger partial charge on any atom is 0.262 e. The van der Waals surface area contributed by atoms with E-state index in [-0.39, 0.29) is 10.7 Å². The first-order valence-electron chi connectivity index (χ1n) is 6.86. The van der Waals surface area contributed by atoms with Gasteiger partial charge in [-0.1, -0.05) is 0 Å². The highest BCUT2D eigenvalue weighted by Crippen LogP contribution is 2.22. The first-order valence-corrected chi connectivity index (χ1v) is 8.34. The number of aromatic nitrogens is 1. The van der Waals surface area contributed by atoms with Gasteiger partial charge in [0.05, 0.1) is 4.90 Å². The van der Waals surface area contributed by atoms with Crippen LogP contribution in [0.5, 0.6) is 0 Å². The first kappa shape index (κ1) is 15.2. The Hall–Kier alpha value is -2.67. The molecule has 0 unspecified atom stereocenters. The third-order valence-electron chi connectivity index (χ3n) is 3.32. The quantitative estimate of drug-likeness (QED) is 0.742. The van der Waals surface area contributed by atoms with Gasteiger partial charge in [-0.25, -0.2) is 13.4 Å². The molecule has 6 nitrogen and oxygen atoms in total. The van der Waals surface area contributed by atoms with Crippen LogP contribution in [0.2, 0.25) is 0 Å². The molecule has 0 saturated carbocycles. The summed E-state index contributed by atoms with van der Waals surface area (Å²) < 4.78 is 32.7. The van der Waals surface area contributed by atoms with E-state index in [2.05, 4.69) is 9.71 Å². The summed E-state index contributed by atoms with van der Waals surface area (Å²) >= 11 is 0. The van der Waals surface area contributed by atoms with Crippen LogP contribution in [0.1, 0.15) is 23.2 Å². The monoisotopic (exact) mass is 330 g/mol. The zero-order valence-corrected chi connectivity index (χ0v) is 13.3. The van der Waals surface area contributed by atoms with E-state index in [4.69, 9.17) is 4.42 Å². The number of rotatable bonds is 4. The number of aryl methyl sites for hydroxylation is 1. The van der Waals surface area contributed by atoms with E-state index >= 15 is 0 Å². The topological polar surface area (TPSA) is 89.3 Å². The smallest absolute Gasteiger partial charge is 0.262 e. The number of fused-ring (bicyclic) bond motifs is 1. The fourth-order valence-electron chi connectivity index (χ4n) is 2.17. The Bertz CT molecular complexity index is 989. The number of carbonyl (C=O) groups excluding carboxylic acids is 1. The number of nitrogens with one attached hydrogen (secondary N) is 1.